The molecule has 1 aromatic carbocycles. The number of anilines is 1. The molecular weight excluding hydrogens is 438 g/mol. The average molecular weight is 458 g/mol. The number of halogens is 1. The van der Waals surface area contributed by atoms with E-state index < -0.39 is 11.7 Å². The smallest absolute Gasteiger partial charge is 0.413 e. The number of benzene rings is 1. The van der Waals surface area contributed by atoms with Gasteiger partial charge >= 0.3 is 6.09 Å². The van der Waals surface area contributed by atoms with Crippen molar-refractivity contribution in [2.75, 3.05) is 5.32 Å². The first kappa shape index (κ1) is 19.6. The number of hydrogen-bond donors (Lipinski definition) is 1. The molecule has 29 heavy (non-hydrogen) atoms. The van der Waals surface area contributed by atoms with E-state index in [1.807, 2.05) is 6.07 Å². The second kappa shape index (κ2) is 6.95. The molecule has 2 aromatic rings. The van der Waals surface area contributed by atoms with Gasteiger partial charge in [-0.3, -0.25) is 19.8 Å². The van der Waals surface area contributed by atoms with Gasteiger partial charge in [-0.15, -0.1) is 0 Å². The maximum absolute atomic E-state index is 12.8. The number of imide groups is 1. The van der Waals surface area contributed by atoms with Crippen molar-refractivity contribution in [2.45, 2.75) is 45.3 Å². The minimum Gasteiger partial charge on any atom is -0.444 e. The van der Waals surface area contributed by atoms with Crippen LogP contribution in [0.2, 0.25) is 0 Å². The number of nitrogens with zero attached hydrogens (tertiary/aromatic N) is 2. The van der Waals surface area contributed by atoms with Crippen LogP contribution in [0.15, 0.2) is 34.8 Å². The molecule has 0 saturated heterocycles. The van der Waals surface area contributed by atoms with Crippen molar-refractivity contribution in [1.82, 2.24) is 9.88 Å². The first-order chi connectivity index (χ1) is 13.7. The summed E-state index contributed by atoms with van der Waals surface area (Å²) in [6.45, 7) is 5.35. The molecule has 4 rings (SSSR count). The minimum atomic E-state index is -0.621. The highest BCUT2D eigenvalue weighted by Gasteiger charge is 2.43. The predicted molar refractivity (Wildman–Crippen MR) is 110 cm³/mol. The third kappa shape index (κ3) is 3.53. The van der Waals surface area contributed by atoms with Crippen LogP contribution in [0.3, 0.4) is 0 Å². The van der Waals surface area contributed by atoms with Gasteiger partial charge in [0.05, 0.1) is 21.6 Å². The molecule has 7 nitrogen and oxygen atoms in total. The molecule has 2 heterocycles. The number of rotatable bonds is 2. The molecule has 3 amide bonds. The highest BCUT2D eigenvalue weighted by Crippen LogP contribution is 2.41. The van der Waals surface area contributed by atoms with Crippen LogP contribution in [0, 0.1) is 0 Å². The van der Waals surface area contributed by atoms with Crippen molar-refractivity contribution in [3.63, 3.8) is 0 Å². The summed E-state index contributed by atoms with van der Waals surface area (Å²) in [5.74, 6) is -0.216. The number of nitrogens with one attached hydrogen (secondary N) is 1. The normalized spacial score (nSPS) is 17.9. The van der Waals surface area contributed by atoms with Crippen molar-refractivity contribution in [2.24, 2.45) is 0 Å². The number of carbonyl (C=O) groups is 3. The monoisotopic (exact) mass is 457 g/mol. The van der Waals surface area contributed by atoms with Crippen LogP contribution in [0.25, 0.3) is 0 Å². The first-order valence-electron chi connectivity index (χ1n) is 9.32. The molecule has 1 aliphatic carbocycles. The highest BCUT2D eigenvalue weighted by molar-refractivity contribution is 9.10. The van der Waals surface area contributed by atoms with Crippen molar-refractivity contribution < 1.29 is 19.1 Å². The Bertz CT molecular complexity index is 1010. The third-order valence-corrected chi connectivity index (χ3v) is 5.46. The average Bonchev–Trinajstić information content (AvgIpc) is 3.13. The van der Waals surface area contributed by atoms with Crippen LogP contribution in [-0.2, 0) is 11.2 Å². The number of ether oxygens (including phenoxy) is 1. The van der Waals surface area contributed by atoms with Gasteiger partial charge in [-0.05, 0) is 73.3 Å². The molecule has 1 aliphatic heterocycles. The van der Waals surface area contributed by atoms with Gasteiger partial charge in [-0.1, -0.05) is 12.1 Å². The van der Waals surface area contributed by atoms with Crippen LogP contribution in [0.4, 0.5) is 10.6 Å². The van der Waals surface area contributed by atoms with Crippen molar-refractivity contribution in [1.29, 1.82) is 0 Å². The summed E-state index contributed by atoms with van der Waals surface area (Å²) in [7, 11) is 0. The first-order valence-corrected chi connectivity index (χ1v) is 10.1. The van der Waals surface area contributed by atoms with Crippen LogP contribution in [0.5, 0.6) is 0 Å². The fourth-order valence-corrected chi connectivity index (χ4v) is 4.14. The van der Waals surface area contributed by atoms with Crippen LogP contribution >= 0.6 is 15.9 Å². The van der Waals surface area contributed by atoms with Crippen molar-refractivity contribution in [3.05, 3.63) is 57.2 Å². The number of hydrogen-bond acceptors (Lipinski definition) is 5. The molecule has 1 aromatic heterocycles. The second-order valence-corrected chi connectivity index (χ2v) is 8.92. The molecule has 150 valence electrons. The van der Waals surface area contributed by atoms with E-state index in [2.05, 4.69) is 26.2 Å². The van der Waals surface area contributed by atoms with E-state index in [1.54, 1.807) is 45.0 Å². The topological polar surface area (TPSA) is 88.6 Å². The maximum Gasteiger partial charge on any atom is 0.413 e. The van der Waals surface area contributed by atoms with Gasteiger partial charge in [-0.2, -0.15) is 0 Å². The fourth-order valence-electron chi connectivity index (χ4n) is 3.71. The Balaban J connectivity index is 1.61. The third-order valence-electron chi connectivity index (χ3n) is 4.86. The zero-order chi connectivity index (χ0) is 20.9. The van der Waals surface area contributed by atoms with Crippen LogP contribution < -0.4 is 5.32 Å². The Hall–Kier alpha value is -2.74. The Morgan fingerprint density at radius 3 is 2.41 bits per heavy atom. The summed E-state index contributed by atoms with van der Waals surface area (Å²) in [5.41, 5.74) is 1.80. The van der Waals surface area contributed by atoms with E-state index in [0.29, 0.717) is 34.3 Å². The number of fused-ring (bicyclic) bond motifs is 2. The van der Waals surface area contributed by atoms with Gasteiger partial charge in [-0.25, -0.2) is 9.78 Å². The molecule has 2 aliphatic rings. The lowest BCUT2D eigenvalue weighted by Crippen LogP contribution is -2.33. The molecule has 0 fully saturated rings. The van der Waals surface area contributed by atoms with Crippen molar-refractivity contribution >= 4 is 39.7 Å². The maximum atomic E-state index is 12.8. The molecule has 1 atom stereocenters. The standard InChI is InChI=1S/C21H20BrN3O4/c1-21(2,3)29-20(28)24-17-14(22)10-13-15(23-17)8-9-16(13)25-18(26)11-6-4-5-7-12(11)19(25)27/h4-7,10,16H,8-9H2,1-3H3,(H,23,24,28). The minimum absolute atomic E-state index is 0.282. The summed E-state index contributed by atoms with van der Waals surface area (Å²) in [6.07, 6.45) is 0.598. The van der Waals surface area contributed by atoms with Gasteiger partial charge < -0.3 is 4.74 Å². The highest BCUT2D eigenvalue weighted by atomic mass is 79.9. The molecule has 8 heteroatoms. The Morgan fingerprint density at radius 2 is 1.83 bits per heavy atom. The lowest BCUT2D eigenvalue weighted by Gasteiger charge is -2.23. The number of aromatic nitrogens is 1. The fraction of sp³-hybridized carbons (Fsp3) is 0.333. The number of aryl methyl sites for hydroxylation is 1. The SMILES string of the molecule is CC(C)(C)OC(=O)Nc1nc2c(cc1Br)C(N1C(=O)c3ccccc3C1=O)CC2. The van der Waals surface area contributed by atoms with Gasteiger partial charge in [0.1, 0.15) is 11.4 Å². The van der Waals surface area contributed by atoms with E-state index in [1.165, 1.54) is 4.90 Å². The van der Waals surface area contributed by atoms with E-state index in [-0.39, 0.29) is 17.9 Å². The second-order valence-electron chi connectivity index (χ2n) is 8.06. The van der Waals surface area contributed by atoms with Gasteiger partial charge in [0.2, 0.25) is 0 Å². The number of amides is 3. The molecule has 0 saturated carbocycles. The molecule has 0 radical (unpaired) electrons. The van der Waals surface area contributed by atoms with Crippen LogP contribution in [-0.4, -0.2) is 33.4 Å². The van der Waals surface area contributed by atoms with Crippen LogP contribution in [0.1, 0.15) is 65.2 Å². The Labute approximate surface area is 176 Å². The molecule has 0 spiro atoms. The molecule has 1 unspecified atom stereocenters. The summed E-state index contributed by atoms with van der Waals surface area (Å²) < 4.78 is 5.83. The zero-order valence-corrected chi connectivity index (χ0v) is 17.9. The summed E-state index contributed by atoms with van der Waals surface area (Å²) in [5, 5.41) is 2.65. The summed E-state index contributed by atoms with van der Waals surface area (Å²) >= 11 is 3.43. The van der Waals surface area contributed by atoms with Gasteiger partial charge in [0.25, 0.3) is 11.8 Å². The lowest BCUT2D eigenvalue weighted by atomic mass is 10.1. The van der Waals surface area contributed by atoms with E-state index in [0.717, 1.165) is 11.3 Å². The quantitative estimate of drug-likeness (QED) is 0.671. The largest absolute Gasteiger partial charge is 0.444 e. The Kier molecular flexibility index (Phi) is 4.69. The Morgan fingerprint density at radius 1 is 1.21 bits per heavy atom. The zero-order valence-electron chi connectivity index (χ0n) is 16.3. The number of pyridine rings is 1. The lowest BCUT2D eigenvalue weighted by molar-refractivity contribution is 0.0579. The van der Waals surface area contributed by atoms with Gasteiger partial charge in [0.15, 0.2) is 0 Å². The molecule has 0 bridgehead atoms. The number of carbonyl (C=O) groups excluding carboxylic acids is 3. The van der Waals surface area contributed by atoms with E-state index in [4.69, 9.17) is 4.74 Å². The summed E-state index contributed by atoms with van der Waals surface area (Å²) in [4.78, 5) is 43.6. The van der Waals surface area contributed by atoms with Gasteiger partial charge in [0, 0.05) is 5.69 Å². The van der Waals surface area contributed by atoms with Crippen molar-refractivity contribution in [3.8, 4) is 0 Å². The molecule has 1 N–H and O–H groups in total. The molecular formula is C21H20BrN3O4. The summed E-state index contributed by atoms with van der Waals surface area (Å²) in [6, 6.07) is 8.29. The van der Waals surface area contributed by atoms with E-state index >= 15 is 0 Å². The van der Waals surface area contributed by atoms with E-state index in [9.17, 15) is 14.4 Å². The predicted octanol–water partition coefficient (Wildman–Crippen LogP) is 4.47.